The quantitative estimate of drug-likeness (QED) is 0.428. The number of carbonyl (C=O) groups is 1. The van der Waals surface area contributed by atoms with Gasteiger partial charge in [-0.15, -0.1) is 0 Å². The number of rotatable bonds is 7. The van der Waals surface area contributed by atoms with Crippen LogP contribution in [0.15, 0.2) is 47.1 Å². The Labute approximate surface area is 179 Å². The minimum Gasteiger partial charge on any atom is -0.493 e. The van der Waals surface area contributed by atoms with E-state index in [-0.39, 0.29) is 5.91 Å². The first-order chi connectivity index (χ1) is 14.4. The molecule has 0 spiro atoms. The number of ether oxygens (including phenoxy) is 1. The van der Waals surface area contributed by atoms with Crippen LogP contribution in [0.1, 0.15) is 44.4 Å². The van der Waals surface area contributed by atoms with Crippen LogP contribution in [-0.2, 0) is 4.79 Å². The number of likely N-dealkylation sites (N-methyl/N-ethyl adjacent to an activating group) is 1. The fourth-order valence-corrected chi connectivity index (χ4v) is 3.85. The Kier molecular flexibility index (Phi) is 6.66. The van der Waals surface area contributed by atoms with Gasteiger partial charge in [0.2, 0.25) is 5.91 Å². The molecule has 0 saturated carbocycles. The van der Waals surface area contributed by atoms with Gasteiger partial charge in [0.25, 0.3) is 0 Å². The molecule has 1 heterocycles. The van der Waals surface area contributed by atoms with Crippen LogP contribution in [0.5, 0.6) is 5.75 Å². The molecule has 0 bridgehead atoms. The molecule has 158 valence electrons. The molecule has 0 aliphatic rings. The number of hydrogen-bond donors (Lipinski definition) is 0. The Morgan fingerprint density at radius 3 is 2.43 bits per heavy atom. The van der Waals surface area contributed by atoms with Crippen molar-refractivity contribution in [1.82, 2.24) is 4.90 Å². The van der Waals surface area contributed by atoms with Gasteiger partial charge in [-0.2, -0.15) is 0 Å². The molecule has 0 fully saturated rings. The lowest BCUT2D eigenvalue weighted by Crippen LogP contribution is -2.28. The van der Waals surface area contributed by atoms with Crippen LogP contribution in [0.2, 0.25) is 0 Å². The van der Waals surface area contributed by atoms with Gasteiger partial charge in [-0.25, -0.2) is 0 Å². The van der Waals surface area contributed by atoms with E-state index in [0.717, 1.165) is 39.0 Å². The zero-order chi connectivity index (χ0) is 21.8. The van der Waals surface area contributed by atoms with Crippen LogP contribution in [-0.4, -0.2) is 30.5 Å². The Balaban J connectivity index is 2.15. The van der Waals surface area contributed by atoms with Crippen LogP contribution in [0.3, 0.4) is 0 Å². The van der Waals surface area contributed by atoms with Crippen molar-refractivity contribution in [2.45, 2.75) is 41.5 Å². The molecule has 0 unspecified atom stereocenters. The third-order valence-electron chi connectivity index (χ3n) is 5.49. The molecule has 0 N–H and O–H groups in total. The van der Waals surface area contributed by atoms with Gasteiger partial charge in [0, 0.05) is 41.7 Å². The number of nitrogens with zero attached hydrogens (tertiary/aromatic N) is 1. The van der Waals surface area contributed by atoms with E-state index in [2.05, 4.69) is 38.1 Å². The maximum absolute atomic E-state index is 12.6. The van der Waals surface area contributed by atoms with Gasteiger partial charge in [-0.1, -0.05) is 23.8 Å². The predicted molar refractivity (Wildman–Crippen MR) is 124 cm³/mol. The van der Waals surface area contributed by atoms with E-state index < -0.39 is 0 Å². The highest BCUT2D eigenvalue weighted by atomic mass is 16.5. The summed E-state index contributed by atoms with van der Waals surface area (Å²) < 4.78 is 11.8. The Hall–Kier alpha value is -3.01. The number of allylic oxidation sites excluding steroid dienone is 1. The van der Waals surface area contributed by atoms with E-state index in [1.165, 1.54) is 11.1 Å². The maximum atomic E-state index is 12.6. The lowest BCUT2D eigenvalue weighted by molar-refractivity contribution is -0.125. The Morgan fingerprint density at radius 1 is 1.07 bits per heavy atom. The van der Waals surface area contributed by atoms with Crippen molar-refractivity contribution in [3.63, 3.8) is 0 Å². The van der Waals surface area contributed by atoms with Crippen molar-refractivity contribution in [1.29, 1.82) is 0 Å². The highest BCUT2D eigenvalue weighted by Crippen LogP contribution is 2.38. The maximum Gasteiger partial charge on any atom is 0.246 e. The minimum atomic E-state index is 0.0156. The van der Waals surface area contributed by atoms with Crippen LogP contribution >= 0.6 is 0 Å². The lowest BCUT2D eigenvalue weighted by Gasteiger charge is -2.17. The topological polar surface area (TPSA) is 42.7 Å². The van der Waals surface area contributed by atoms with Gasteiger partial charge in [0.1, 0.15) is 11.3 Å². The highest BCUT2D eigenvalue weighted by Gasteiger charge is 2.17. The third-order valence-corrected chi connectivity index (χ3v) is 5.49. The van der Waals surface area contributed by atoms with Gasteiger partial charge in [-0.05, 0) is 64.3 Å². The van der Waals surface area contributed by atoms with Crippen LogP contribution in [0.25, 0.3) is 27.7 Å². The van der Waals surface area contributed by atoms with Gasteiger partial charge < -0.3 is 14.1 Å². The standard InChI is InChI=1S/C26H31NO3/c1-7-27(8-2)26(28)13-19(6)21-14-22-23(20-11-10-17(4)12-18(20)5)16-30-25(22)15-24(21)29-9-3/h10-16H,7-9H2,1-6H3/b19-13+. The van der Waals surface area contributed by atoms with E-state index >= 15 is 0 Å². The molecular formula is C26H31NO3. The minimum absolute atomic E-state index is 0.0156. The summed E-state index contributed by atoms with van der Waals surface area (Å²) in [6.45, 7) is 14.0. The summed E-state index contributed by atoms with van der Waals surface area (Å²) in [5.41, 5.74) is 7.21. The van der Waals surface area contributed by atoms with E-state index in [0.29, 0.717) is 19.7 Å². The van der Waals surface area contributed by atoms with E-state index in [1.54, 1.807) is 11.0 Å². The van der Waals surface area contributed by atoms with Gasteiger partial charge >= 0.3 is 0 Å². The number of hydrogen-bond acceptors (Lipinski definition) is 3. The van der Waals surface area contributed by atoms with Crippen molar-refractivity contribution in [2.24, 2.45) is 0 Å². The first kappa shape index (κ1) is 21.7. The lowest BCUT2D eigenvalue weighted by atomic mass is 9.96. The van der Waals surface area contributed by atoms with Crippen molar-refractivity contribution in [3.05, 3.63) is 59.4 Å². The van der Waals surface area contributed by atoms with Gasteiger partial charge in [-0.3, -0.25) is 4.79 Å². The summed E-state index contributed by atoms with van der Waals surface area (Å²) in [6, 6.07) is 10.4. The number of carbonyl (C=O) groups excluding carboxylic acids is 1. The summed E-state index contributed by atoms with van der Waals surface area (Å²) in [5, 5.41) is 1.02. The summed E-state index contributed by atoms with van der Waals surface area (Å²) >= 11 is 0. The molecular weight excluding hydrogens is 374 g/mol. The van der Waals surface area contributed by atoms with Crippen LogP contribution < -0.4 is 4.74 Å². The molecule has 4 nitrogen and oxygen atoms in total. The largest absolute Gasteiger partial charge is 0.493 e. The smallest absolute Gasteiger partial charge is 0.246 e. The molecule has 0 aliphatic carbocycles. The van der Waals surface area contributed by atoms with Crippen molar-refractivity contribution in [2.75, 3.05) is 19.7 Å². The second-order valence-corrected chi connectivity index (χ2v) is 7.58. The van der Waals surface area contributed by atoms with Crippen LogP contribution in [0, 0.1) is 13.8 Å². The van der Waals surface area contributed by atoms with Crippen molar-refractivity contribution >= 4 is 22.4 Å². The van der Waals surface area contributed by atoms with E-state index in [9.17, 15) is 4.79 Å². The van der Waals surface area contributed by atoms with Crippen LogP contribution in [0.4, 0.5) is 0 Å². The molecule has 3 rings (SSSR count). The zero-order valence-electron chi connectivity index (χ0n) is 18.8. The number of furan rings is 1. The van der Waals surface area contributed by atoms with Crippen molar-refractivity contribution < 1.29 is 13.9 Å². The highest BCUT2D eigenvalue weighted by molar-refractivity contribution is 6.00. The molecule has 0 atom stereocenters. The second kappa shape index (κ2) is 9.21. The first-order valence-electron chi connectivity index (χ1n) is 10.6. The summed E-state index contributed by atoms with van der Waals surface area (Å²) in [4.78, 5) is 14.4. The Bertz CT molecular complexity index is 1090. The van der Waals surface area contributed by atoms with Gasteiger partial charge in [0.05, 0.1) is 12.9 Å². The first-order valence-corrected chi connectivity index (χ1v) is 10.6. The molecule has 0 saturated heterocycles. The zero-order valence-corrected chi connectivity index (χ0v) is 18.8. The third kappa shape index (κ3) is 4.28. The average Bonchev–Trinajstić information content (AvgIpc) is 3.11. The molecule has 30 heavy (non-hydrogen) atoms. The fourth-order valence-electron chi connectivity index (χ4n) is 3.85. The Morgan fingerprint density at radius 2 is 1.80 bits per heavy atom. The molecule has 1 aromatic heterocycles. The predicted octanol–water partition coefficient (Wildman–Crippen LogP) is 6.39. The fraction of sp³-hybridized carbons (Fsp3) is 0.346. The monoisotopic (exact) mass is 405 g/mol. The average molecular weight is 406 g/mol. The molecule has 2 aromatic carbocycles. The molecule has 0 radical (unpaired) electrons. The number of aryl methyl sites for hydroxylation is 2. The number of fused-ring (bicyclic) bond motifs is 1. The molecule has 4 heteroatoms. The second-order valence-electron chi connectivity index (χ2n) is 7.58. The van der Waals surface area contributed by atoms with Gasteiger partial charge in [0.15, 0.2) is 0 Å². The SMILES string of the molecule is CCOc1cc2occ(-c3ccc(C)cc3C)c2cc1/C(C)=C/C(=O)N(CC)CC. The molecule has 1 amide bonds. The molecule has 0 aliphatic heterocycles. The summed E-state index contributed by atoms with van der Waals surface area (Å²) in [6.07, 6.45) is 3.51. The van der Waals surface area contributed by atoms with Crippen molar-refractivity contribution in [3.8, 4) is 16.9 Å². The summed E-state index contributed by atoms with van der Waals surface area (Å²) in [5.74, 6) is 0.745. The summed E-state index contributed by atoms with van der Waals surface area (Å²) in [7, 11) is 0. The molecule has 3 aromatic rings. The normalized spacial score (nSPS) is 11.7. The van der Waals surface area contributed by atoms with E-state index in [4.69, 9.17) is 9.15 Å². The number of benzene rings is 2. The van der Waals surface area contributed by atoms with E-state index in [1.807, 2.05) is 40.0 Å². The number of amides is 1.